The molecule has 3 nitrogen and oxygen atoms in total. The van der Waals surface area contributed by atoms with E-state index in [0.29, 0.717) is 0 Å². The summed E-state index contributed by atoms with van der Waals surface area (Å²) in [4.78, 5) is 3.81. The Morgan fingerprint density at radius 2 is 2.25 bits per heavy atom. The van der Waals surface area contributed by atoms with Crippen LogP contribution in [0.3, 0.4) is 0 Å². The van der Waals surface area contributed by atoms with Crippen LogP contribution in [0.1, 0.15) is 11.1 Å². The summed E-state index contributed by atoms with van der Waals surface area (Å²) in [6.07, 6.45) is 2.72. The van der Waals surface area contributed by atoms with Gasteiger partial charge in [0.25, 0.3) is 0 Å². The summed E-state index contributed by atoms with van der Waals surface area (Å²) in [7, 11) is 0. The number of aromatic nitrogens is 1. The maximum atomic E-state index is 9.06. The standard InChI is InChI=1S/C8H10N2O.BrH/c11-8-3-6-1-2-9-4-7(6)5-10-8;/h3,5,9H,1-2,4H2,(H,10,11);1H. The minimum absolute atomic E-state index is 0. The Kier molecular flexibility index (Phi) is 3.05. The van der Waals surface area contributed by atoms with Gasteiger partial charge in [0.05, 0.1) is 0 Å². The minimum atomic E-state index is 0. The van der Waals surface area contributed by atoms with Crippen molar-refractivity contribution in [2.45, 2.75) is 13.0 Å². The lowest BCUT2D eigenvalue weighted by atomic mass is 10.0. The molecule has 0 spiro atoms. The lowest BCUT2D eigenvalue weighted by Crippen LogP contribution is -2.23. The largest absolute Gasteiger partial charge is 0.493 e. The monoisotopic (exact) mass is 230 g/mol. The number of aromatic hydroxyl groups is 1. The SMILES string of the molecule is Br.Oc1cc2c(cn1)CNCC2. The first kappa shape index (κ1) is 9.48. The number of hydrogen-bond acceptors (Lipinski definition) is 3. The van der Waals surface area contributed by atoms with Crippen LogP contribution in [0, 0.1) is 0 Å². The fourth-order valence-electron chi connectivity index (χ4n) is 1.35. The van der Waals surface area contributed by atoms with Gasteiger partial charge in [-0.2, -0.15) is 0 Å². The Bertz CT molecular complexity index is 278. The Balaban J connectivity index is 0.000000720. The van der Waals surface area contributed by atoms with E-state index in [1.165, 1.54) is 11.1 Å². The van der Waals surface area contributed by atoms with Crippen LogP contribution in [0.2, 0.25) is 0 Å². The highest BCUT2D eigenvalue weighted by atomic mass is 79.9. The van der Waals surface area contributed by atoms with Crippen LogP contribution in [0.4, 0.5) is 0 Å². The van der Waals surface area contributed by atoms with Crippen molar-refractivity contribution in [1.29, 1.82) is 0 Å². The second kappa shape index (κ2) is 3.87. The zero-order valence-electron chi connectivity index (χ0n) is 6.58. The predicted octanol–water partition coefficient (Wildman–Crippen LogP) is 1.01. The van der Waals surface area contributed by atoms with E-state index in [4.69, 9.17) is 5.11 Å². The van der Waals surface area contributed by atoms with Gasteiger partial charge in [0.1, 0.15) is 0 Å². The molecule has 2 heterocycles. The Labute approximate surface area is 81.6 Å². The van der Waals surface area contributed by atoms with Gasteiger partial charge >= 0.3 is 0 Å². The molecule has 0 bridgehead atoms. The molecule has 0 saturated carbocycles. The molecule has 1 aliphatic heterocycles. The second-order valence-electron chi connectivity index (χ2n) is 2.74. The molecule has 0 aliphatic carbocycles. The molecule has 0 radical (unpaired) electrons. The molecule has 0 fully saturated rings. The smallest absolute Gasteiger partial charge is 0.210 e. The first-order valence-corrected chi connectivity index (χ1v) is 3.74. The molecule has 2 rings (SSSR count). The fourth-order valence-corrected chi connectivity index (χ4v) is 1.35. The molecule has 0 aromatic carbocycles. The minimum Gasteiger partial charge on any atom is -0.493 e. The van der Waals surface area contributed by atoms with E-state index in [2.05, 4.69) is 10.3 Å². The number of pyridine rings is 1. The van der Waals surface area contributed by atoms with E-state index in [9.17, 15) is 0 Å². The molecule has 1 aliphatic rings. The van der Waals surface area contributed by atoms with Gasteiger partial charge in [-0.25, -0.2) is 4.98 Å². The summed E-state index contributed by atoms with van der Waals surface area (Å²) in [6.45, 7) is 1.87. The predicted molar refractivity (Wildman–Crippen MR) is 51.6 cm³/mol. The molecule has 0 amide bonds. The van der Waals surface area contributed by atoms with E-state index >= 15 is 0 Å². The summed E-state index contributed by atoms with van der Waals surface area (Å²) in [5, 5.41) is 12.3. The van der Waals surface area contributed by atoms with Crippen LogP contribution in [0.25, 0.3) is 0 Å². The zero-order chi connectivity index (χ0) is 7.68. The molecule has 1 aromatic heterocycles. The van der Waals surface area contributed by atoms with Gasteiger partial charge in [-0.1, -0.05) is 0 Å². The molecule has 1 aromatic rings. The van der Waals surface area contributed by atoms with Crippen LogP contribution >= 0.6 is 17.0 Å². The third-order valence-corrected chi connectivity index (χ3v) is 1.96. The van der Waals surface area contributed by atoms with Crippen molar-refractivity contribution < 1.29 is 5.11 Å². The molecule has 0 atom stereocenters. The van der Waals surface area contributed by atoms with Gasteiger partial charge in [-0.15, -0.1) is 17.0 Å². The Morgan fingerprint density at radius 1 is 1.42 bits per heavy atom. The van der Waals surface area contributed by atoms with Crippen molar-refractivity contribution in [3.8, 4) is 5.88 Å². The number of nitrogens with one attached hydrogen (secondary N) is 1. The van der Waals surface area contributed by atoms with Gasteiger partial charge < -0.3 is 10.4 Å². The van der Waals surface area contributed by atoms with Crippen molar-refractivity contribution in [3.63, 3.8) is 0 Å². The van der Waals surface area contributed by atoms with E-state index in [-0.39, 0.29) is 22.9 Å². The molecule has 0 saturated heterocycles. The van der Waals surface area contributed by atoms with Crippen LogP contribution in [0.15, 0.2) is 12.3 Å². The maximum absolute atomic E-state index is 9.06. The van der Waals surface area contributed by atoms with Gasteiger partial charge in [0, 0.05) is 18.8 Å². The average Bonchev–Trinajstić information content (AvgIpc) is 2.04. The quantitative estimate of drug-likeness (QED) is 0.700. The normalized spacial score (nSPS) is 14.7. The van der Waals surface area contributed by atoms with E-state index in [1.54, 1.807) is 12.3 Å². The van der Waals surface area contributed by atoms with Gasteiger partial charge in [-0.05, 0) is 24.1 Å². The number of hydrogen-bond donors (Lipinski definition) is 2. The number of rotatable bonds is 0. The summed E-state index contributed by atoms with van der Waals surface area (Å²) < 4.78 is 0. The third kappa shape index (κ3) is 1.76. The third-order valence-electron chi connectivity index (χ3n) is 1.96. The molecule has 4 heteroatoms. The average molecular weight is 231 g/mol. The zero-order valence-corrected chi connectivity index (χ0v) is 8.29. The highest BCUT2D eigenvalue weighted by molar-refractivity contribution is 8.93. The van der Waals surface area contributed by atoms with Crippen molar-refractivity contribution in [2.75, 3.05) is 6.54 Å². The van der Waals surface area contributed by atoms with Crippen molar-refractivity contribution in [3.05, 3.63) is 23.4 Å². The molecule has 2 N–H and O–H groups in total. The summed E-state index contributed by atoms with van der Waals surface area (Å²) in [5.74, 6) is 0.130. The lowest BCUT2D eigenvalue weighted by molar-refractivity contribution is 0.450. The molecule has 12 heavy (non-hydrogen) atoms. The molecule has 66 valence electrons. The fraction of sp³-hybridized carbons (Fsp3) is 0.375. The van der Waals surface area contributed by atoms with Crippen LogP contribution in [0.5, 0.6) is 5.88 Å². The topological polar surface area (TPSA) is 45.2 Å². The Morgan fingerprint density at radius 3 is 3.08 bits per heavy atom. The Hall–Kier alpha value is -0.610. The number of nitrogens with zero attached hydrogens (tertiary/aromatic N) is 1. The van der Waals surface area contributed by atoms with Crippen LogP contribution in [-0.4, -0.2) is 16.6 Å². The number of fused-ring (bicyclic) bond motifs is 1. The first-order valence-electron chi connectivity index (χ1n) is 3.74. The molecule has 0 unspecified atom stereocenters. The van der Waals surface area contributed by atoms with E-state index in [0.717, 1.165) is 19.5 Å². The summed E-state index contributed by atoms with van der Waals surface area (Å²) in [5.41, 5.74) is 2.42. The highest BCUT2D eigenvalue weighted by Crippen LogP contribution is 2.16. The van der Waals surface area contributed by atoms with Crippen LogP contribution < -0.4 is 5.32 Å². The number of halogens is 1. The highest BCUT2D eigenvalue weighted by Gasteiger charge is 2.08. The van der Waals surface area contributed by atoms with Gasteiger partial charge in [0.2, 0.25) is 5.88 Å². The van der Waals surface area contributed by atoms with Crippen molar-refractivity contribution in [2.24, 2.45) is 0 Å². The first-order chi connectivity index (χ1) is 5.36. The maximum Gasteiger partial charge on any atom is 0.210 e. The van der Waals surface area contributed by atoms with Crippen molar-refractivity contribution in [1.82, 2.24) is 10.3 Å². The van der Waals surface area contributed by atoms with Crippen LogP contribution in [-0.2, 0) is 13.0 Å². The molecular formula is C8H11BrN2O. The van der Waals surface area contributed by atoms with Gasteiger partial charge in [0.15, 0.2) is 0 Å². The van der Waals surface area contributed by atoms with Crippen molar-refractivity contribution >= 4 is 17.0 Å². The summed E-state index contributed by atoms with van der Waals surface area (Å²) in [6, 6.07) is 1.75. The van der Waals surface area contributed by atoms with Gasteiger partial charge in [-0.3, -0.25) is 0 Å². The molecular weight excluding hydrogens is 220 g/mol. The van der Waals surface area contributed by atoms with E-state index < -0.39 is 0 Å². The summed E-state index contributed by atoms with van der Waals surface area (Å²) >= 11 is 0. The second-order valence-corrected chi connectivity index (χ2v) is 2.74. The lowest BCUT2D eigenvalue weighted by Gasteiger charge is -2.15. The van der Waals surface area contributed by atoms with E-state index in [1.807, 2.05) is 0 Å².